The maximum Gasteiger partial charge on any atom is 0.223 e. The van der Waals surface area contributed by atoms with Crippen molar-refractivity contribution in [2.45, 2.75) is 0 Å². The van der Waals surface area contributed by atoms with Crippen molar-refractivity contribution in [3.63, 3.8) is 0 Å². The van der Waals surface area contributed by atoms with Crippen LogP contribution in [0.15, 0.2) is 6.20 Å². The molecule has 72 valence electrons. The highest BCUT2D eigenvalue weighted by atomic mass is 35.5. The van der Waals surface area contributed by atoms with Gasteiger partial charge in [-0.15, -0.1) is 0 Å². The van der Waals surface area contributed by atoms with E-state index in [-0.39, 0.29) is 26.5 Å². The normalized spacial score (nSPS) is 10.9. The van der Waals surface area contributed by atoms with Crippen molar-refractivity contribution in [2.24, 2.45) is 0 Å². The molecule has 2 heterocycles. The molecule has 3 nitrogen and oxygen atoms in total. The second-order valence-electron chi connectivity index (χ2n) is 2.41. The Kier molecular flexibility index (Phi) is 2.43. The molecule has 0 bridgehead atoms. The minimum atomic E-state index is -0.754. The fraction of sp³-hybridized carbons (Fsp3) is 0. The number of hydrogen-bond acceptors (Lipinski definition) is 3. The smallest absolute Gasteiger partial charge is 0.223 e. The lowest BCUT2D eigenvalue weighted by atomic mass is 10.3. The second-order valence-corrected chi connectivity index (χ2v) is 3.46. The lowest BCUT2D eigenvalue weighted by Crippen LogP contribution is -1.93. The third kappa shape index (κ3) is 1.49. The maximum absolute atomic E-state index is 13.4. The summed E-state index contributed by atoms with van der Waals surface area (Å²) in [6, 6.07) is 0. The van der Waals surface area contributed by atoms with Crippen molar-refractivity contribution in [3.8, 4) is 0 Å². The zero-order valence-corrected chi connectivity index (χ0v) is 8.70. The molecule has 2 rings (SSSR count). The van der Waals surface area contributed by atoms with E-state index in [0.717, 1.165) is 0 Å². The summed E-state index contributed by atoms with van der Waals surface area (Å²) in [4.78, 5) is 10.9. The summed E-state index contributed by atoms with van der Waals surface area (Å²) in [5.74, 6) is -0.754. The van der Waals surface area contributed by atoms with Crippen molar-refractivity contribution < 1.29 is 4.39 Å². The van der Waals surface area contributed by atoms with Crippen molar-refractivity contribution in [2.75, 3.05) is 0 Å². The minimum absolute atomic E-state index is 0.0324. The molecule has 0 saturated carbocycles. The molecule has 0 saturated heterocycles. The van der Waals surface area contributed by atoms with Crippen LogP contribution in [0.4, 0.5) is 4.39 Å². The molecule has 0 spiro atoms. The average Bonchev–Trinajstić information content (AvgIpc) is 2.14. The van der Waals surface area contributed by atoms with Crippen LogP contribution in [-0.2, 0) is 0 Å². The largest absolute Gasteiger partial charge is 0.226 e. The van der Waals surface area contributed by atoms with E-state index >= 15 is 0 Å². The molecule has 0 atom stereocenters. The molecule has 14 heavy (non-hydrogen) atoms. The van der Waals surface area contributed by atoms with Crippen LogP contribution in [0.1, 0.15) is 0 Å². The van der Waals surface area contributed by atoms with E-state index in [1.165, 1.54) is 6.20 Å². The zero-order chi connectivity index (χ0) is 10.3. The maximum atomic E-state index is 13.4. The summed E-state index contributed by atoms with van der Waals surface area (Å²) < 4.78 is 13.4. The molecule has 0 fully saturated rings. The molecule has 0 N–H and O–H groups in total. The summed E-state index contributed by atoms with van der Waals surface area (Å²) in [5.41, 5.74) is -0.0324. The molecule has 0 amide bonds. The molecular weight excluding hydrogens is 251 g/mol. The van der Waals surface area contributed by atoms with E-state index in [2.05, 4.69) is 15.0 Å². The van der Waals surface area contributed by atoms with Gasteiger partial charge in [0, 0.05) is 6.20 Å². The van der Waals surface area contributed by atoms with Gasteiger partial charge in [0.05, 0.1) is 5.39 Å². The molecule has 2 aromatic rings. The number of hydrogen-bond donors (Lipinski definition) is 0. The van der Waals surface area contributed by atoms with Gasteiger partial charge < -0.3 is 0 Å². The Balaban J connectivity index is 2.95. The summed E-state index contributed by atoms with van der Waals surface area (Å²) >= 11 is 16.7. The molecule has 0 aliphatic heterocycles. The number of pyridine rings is 1. The summed E-state index contributed by atoms with van der Waals surface area (Å²) in [6.45, 7) is 0. The Hall–Kier alpha value is -0.710. The van der Waals surface area contributed by atoms with Gasteiger partial charge in [-0.05, 0) is 11.6 Å². The highest BCUT2D eigenvalue weighted by Crippen LogP contribution is 2.26. The number of aromatic nitrogens is 3. The van der Waals surface area contributed by atoms with Gasteiger partial charge in [-0.3, -0.25) is 0 Å². The van der Waals surface area contributed by atoms with Gasteiger partial charge in [0.15, 0.2) is 11.0 Å². The van der Waals surface area contributed by atoms with Crippen molar-refractivity contribution in [1.29, 1.82) is 0 Å². The van der Waals surface area contributed by atoms with Crippen LogP contribution in [0.3, 0.4) is 0 Å². The Morgan fingerprint density at radius 2 is 1.79 bits per heavy atom. The molecule has 0 unspecified atom stereocenters. The summed E-state index contributed by atoms with van der Waals surface area (Å²) in [6.07, 6.45) is 1.29. The predicted octanol–water partition coefficient (Wildman–Crippen LogP) is 3.12. The first-order valence-electron chi connectivity index (χ1n) is 3.42. The molecule has 2 aromatic heterocycles. The summed E-state index contributed by atoms with van der Waals surface area (Å²) in [5, 5.41) is -0.0898. The van der Waals surface area contributed by atoms with E-state index in [0.29, 0.717) is 0 Å². The fourth-order valence-corrected chi connectivity index (χ4v) is 1.55. The van der Waals surface area contributed by atoms with Gasteiger partial charge in [-0.1, -0.05) is 23.2 Å². The standard InChI is InChI=1S/C7HCl3FN3/c8-5-2-1-12-7(10)13-4(2)3(11)6(9)14-5/h1H. The zero-order valence-electron chi connectivity index (χ0n) is 6.43. The molecule has 0 radical (unpaired) electrons. The molecule has 0 aliphatic carbocycles. The van der Waals surface area contributed by atoms with Crippen LogP contribution >= 0.6 is 34.8 Å². The average molecular weight is 252 g/mol. The Bertz CT molecular complexity index is 517. The van der Waals surface area contributed by atoms with Gasteiger partial charge >= 0.3 is 0 Å². The van der Waals surface area contributed by atoms with Crippen LogP contribution in [0, 0.1) is 5.82 Å². The van der Waals surface area contributed by atoms with Gasteiger partial charge in [-0.25, -0.2) is 19.3 Å². The van der Waals surface area contributed by atoms with Crippen molar-refractivity contribution >= 4 is 45.7 Å². The monoisotopic (exact) mass is 251 g/mol. The Labute approximate surface area is 92.8 Å². The SMILES string of the molecule is Fc1c(Cl)nc(Cl)c2cnc(Cl)nc12. The third-order valence-electron chi connectivity index (χ3n) is 1.57. The van der Waals surface area contributed by atoms with Crippen LogP contribution in [0.2, 0.25) is 15.6 Å². The van der Waals surface area contributed by atoms with Gasteiger partial charge in [0.1, 0.15) is 10.7 Å². The first-order valence-corrected chi connectivity index (χ1v) is 4.55. The number of halogens is 4. The molecule has 0 aromatic carbocycles. The quantitative estimate of drug-likeness (QED) is 0.534. The van der Waals surface area contributed by atoms with Gasteiger partial charge in [0.2, 0.25) is 5.28 Å². The number of fused-ring (bicyclic) bond motifs is 1. The lowest BCUT2D eigenvalue weighted by molar-refractivity contribution is 0.631. The van der Waals surface area contributed by atoms with E-state index in [1.54, 1.807) is 0 Å². The molecular formula is C7HCl3FN3. The highest BCUT2D eigenvalue weighted by Gasteiger charge is 2.13. The fourth-order valence-electron chi connectivity index (χ4n) is 0.972. The molecule has 7 heteroatoms. The topological polar surface area (TPSA) is 38.7 Å². The Morgan fingerprint density at radius 1 is 1.07 bits per heavy atom. The van der Waals surface area contributed by atoms with Crippen LogP contribution < -0.4 is 0 Å². The highest BCUT2D eigenvalue weighted by molar-refractivity contribution is 6.36. The van der Waals surface area contributed by atoms with Crippen LogP contribution in [0.25, 0.3) is 10.9 Å². The lowest BCUT2D eigenvalue weighted by Gasteiger charge is -2.01. The van der Waals surface area contributed by atoms with Gasteiger partial charge in [-0.2, -0.15) is 0 Å². The number of nitrogens with zero attached hydrogens (tertiary/aromatic N) is 3. The Morgan fingerprint density at radius 3 is 2.50 bits per heavy atom. The van der Waals surface area contributed by atoms with Crippen LogP contribution in [-0.4, -0.2) is 15.0 Å². The third-order valence-corrected chi connectivity index (χ3v) is 2.29. The van der Waals surface area contributed by atoms with Crippen molar-refractivity contribution in [1.82, 2.24) is 15.0 Å². The minimum Gasteiger partial charge on any atom is -0.226 e. The van der Waals surface area contributed by atoms with E-state index in [4.69, 9.17) is 34.8 Å². The second kappa shape index (κ2) is 3.46. The van der Waals surface area contributed by atoms with Crippen molar-refractivity contribution in [3.05, 3.63) is 27.6 Å². The van der Waals surface area contributed by atoms with Crippen LogP contribution in [0.5, 0.6) is 0 Å². The first-order chi connectivity index (χ1) is 6.59. The van der Waals surface area contributed by atoms with E-state index in [9.17, 15) is 4.39 Å². The first kappa shape index (κ1) is 9.83. The van der Waals surface area contributed by atoms with Gasteiger partial charge in [0.25, 0.3) is 0 Å². The summed E-state index contributed by atoms with van der Waals surface area (Å²) in [7, 11) is 0. The predicted molar refractivity (Wildman–Crippen MR) is 52.3 cm³/mol. The number of rotatable bonds is 0. The van der Waals surface area contributed by atoms with E-state index in [1.807, 2.05) is 0 Å². The molecule has 0 aliphatic rings. The van der Waals surface area contributed by atoms with E-state index < -0.39 is 5.82 Å².